The van der Waals surface area contributed by atoms with Crippen molar-refractivity contribution >= 4 is 57.1 Å². The summed E-state index contributed by atoms with van der Waals surface area (Å²) in [7, 11) is 0. The Kier molecular flexibility index (Phi) is 3.44. The summed E-state index contributed by atoms with van der Waals surface area (Å²) in [5.74, 6) is -1.63. The Labute approximate surface area is 115 Å². The van der Waals surface area contributed by atoms with Crippen molar-refractivity contribution in [2.75, 3.05) is 8.86 Å². The van der Waals surface area contributed by atoms with E-state index in [4.69, 9.17) is 9.47 Å². The molecule has 0 aromatic heterocycles. The van der Waals surface area contributed by atoms with Gasteiger partial charge >= 0.3 is 11.9 Å². The van der Waals surface area contributed by atoms with E-state index in [9.17, 15) is 9.59 Å². The topological polar surface area (TPSA) is 52.6 Å². The second-order valence-electron chi connectivity index (χ2n) is 3.86. The largest absolute Gasteiger partial charge is 0.422 e. The average Bonchev–Trinajstić information content (AvgIpc) is 2.67. The maximum absolute atomic E-state index is 11.4. The van der Waals surface area contributed by atoms with Gasteiger partial charge in [0.25, 0.3) is 5.79 Å². The summed E-state index contributed by atoms with van der Waals surface area (Å²) in [6.45, 7) is 0. The van der Waals surface area contributed by atoms with Gasteiger partial charge in [-0.2, -0.15) is 0 Å². The molecular weight excluding hydrogens is 426 g/mol. The van der Waals surface area contributed by atoms with Crippen LogP contribution in [-0.2, 0) is 19.1 Å². The lowest BCUT2D eigenvalue weighted by molar-refractivity contribution is -0.197. The number of carbonyl (C=O) groups is 2. The van der Waals surface area contributed by atoms with Crippen LogP contribution in [0.5, 0.6) is 0 Å². The number of carbonyl (C=O) groups excluding carboxylic acids is 2. The first kappa shape index (κ1) is 11.9. The van der Waals surface area contributed by atoms with Crippen LogP contribution in [0.25, 0.3) is 0 Å². The van der Waals surface area contributed by atoms with Crippen LogP contribution < -0.4 is 0 Å². The Hall–Kier alpha value is 0.400. The second-order valence-corrected chi connectivity index (χ2v) is 5.63. The van der Waals surface area contributed by atoms with Gasteiger partial charge in [0.15, 0.2) is 0 Å². The van der Waals surface area contributed by atoms with Crippen LogP contribution in [0, 0.1) is 11.8 Å². The molecule has 2 aliphatic heterocycles. The number of halogens is 2. The van der Waals surface area contributed by atoms with E-state index in [1.165, 1.54) is 0 Å². The van der Waals surface area contributed by atoms with Crippen molar-refractivity contribution in [2.45, 2.75) is 18.6 Å². The molecule has 6 heteroatoms. The lowest BCUT2D eigenvalue weighted by Gasteiger charge is -2.19. The van der Waals surface area contributed by atoms with Crippen molar-refractivity contribution in [1.29, 1.82) is 0 Å². The summed E-state index contributed by atoms with van der Waals surface area (Å²) in [5.41, 5.74) is 0. The van der Waals surface area contributed by atoms with Gasteiger partial charge in [-0.3, -0.25) is 9.59 Å². The van der Waals surface area contributed by atoms with Gasteiger partial charge in [0.1, 0.15) is 0 Å². The summed E-state index contributed by atoms with van der Waals surface area (Å²) in [6, 6.07) is 0. The molecule has 0 radical (unpaired) electrons. The SMILES string of the molecule is O=C1OC2(CC1CI)CC(CI)C(=O)O2. The van der Waals surface area contributed by atoms with Crippen LogP contribution in [0.15, 0.2) is 0 Å². The summed E-state index contributed by atoms with van der Waals surface area (Å²) < 4.78 is 11.9. The molecule has 0 saturated carbocycles. The first-order chi connectivity index (χ1) is 7.10. The number of hydrogen-bond donors (Lipinski definition) is 0. The first-order valence-electron chi connectivity index (χ1n) is 4.68. The average molecular weight is 436 g/mol. The summed E-state index contributed by atoms with van der Waals surface area (Å²) in [5, 5.41) is 0. The van der Waals surface area contributed by atoms with E-state index >= 15 is 0 Å². The molecule has 84 valence electrons. The molecule has 0 amide bonds. The maximum atomic E-state index is 11.4. The third kappa shape index (κ3) is 2.11. The molecule has 2 aliphatic rings. The van der Waals surface area contributed by atoms with E-state index in [2.05, 4.69) is 45.2 Å². The van der Waals surface area contributed by atoms with Gasteiger partial charge in [-0.25, -0.2) is 0 Å². The third-order valence-electron chi connectivity index (χ3n) is 2.73. The normalized spacial score (nSPS) is 39.6. The minimum Gasteiger partial charge on any atom is -0.422 e. The fourth-order valence-electron chi connectivity index (χ4n) is 1.96. The highest BCUT2D eigenvalue weighted by Crippen LogP contribution is 2.43. The quantitative estimate of drug-likeness (QED) is 0.376. The number of esters is 2. The Morgan fingerprint density at radius 1 is 1.07 bits per heavy atom. The van der Waals surface area contributed by atoms with Crippen LogP contribution >= 0.6 is 45.2 Å². The predicted octanol–water partition coefficient (Wildman–Crippen LogP) is 1.68. The van der Waals surface area contributed by atoms with E-state index in [-0.39, 0.29) is 23.8 Å². The second kappa shape index (κ2) is 4.34. The molecule has 4 nitrogen and oxygen atoms in total. The van der Waals surface area contributed by atoms with Crippen molar-refractivity contribution in [2.24, 2.45) is 11.8 Å². The molecule has 0 aliphatic carbocycles. The minimum atomic E-state index is -0.931. The van der Waals surface area contributed by atoms with Gasteiger partial charge < -0.3 is 9.47 Å². The molecule has 2 fully saturated rings. The third-order valence-corrected chi connectivity index (χ3v) is 4.85. The molecule has 0 N–H and O–H groups in total. The molecular formula is C9H10I2O4. The molecule has 2 rings (SSSR count). The fourth-order valence-corrected chi connectivity index (χ4v) is 3.30. The summed E-state index contributed by atoms with van der Waals surface area (Å²) in [4.78, 5) is 22.9. The van der Waals surface area contributed by atoms with Crippen LogP contribution in [0.2, 0.25) is 0 Å². The standard InChI is InChI=1S/C9H10I2O4/c10-3-5-1-9(14-7(5)12)2-6(4-11)8(13)15-9/h5-6H,1-4H2. The molecule has 2 heterocycles. The zero-order valence-electron chi connectivity index (χ0n) is 7.87. The summed E-state index contributed by atoms with van der Waals surface area (Å²) in [6.07, 6.45) is 1.04. The lowest BCUT2D eigenvalue weighted by Crippen LogP contribution is -2.27. The van der Waals surface area contributed by atoms with E-state index in [0.717, 1.165) is 0 Å². The number of rotatable bonds is 2. The van der Waals surface area contributed by atoms with Crippen molar-refractivity contribution in [3.63, 3.8) is 0 Å². The minimum absolute atomic E-state index is 0.119. The lowest BCUT2D eigenvalue weighted by atomic mass is 9.99. The van der Waals surface area contributed by atoms with Crippen LogP contribution in [0.1, 0.15) is 12.8 Å². The molecule has 2 saturated heterocycles. The van der Waals surface area contributed by atoms with Crippen molar-refractivity contribution < 1.29 is 19.1 Å². The van der Waals surface area contributed by atoms with E-state index in [0.29, 0.717) is 21.7 Å². The van der Waals surface area contributed by atoms with Gasteiger partial charge in [0, 0.05) is 21.7 Å². The fraction of sp³-hybridized carbons (Fsp3) is 0.778. The highest BCUT2D eigenvalue weighted by molar-refractivity contribution is 14.1. The van der Waals surface area contributed by atoms with E-state index in [1.54, 1.807) is 0 Å². The maximum Gasteiger partial charge on any atom is 0.313 e. The predicted molar refractivity (Wildman–Crippen MR) is 68.9 cm³/mol. The highest BCUT2D eigenvalue weighted by Gasteiger charge is 2.56. The Balaban J connectivity index is 2.12. The number of ether oxygens (including phenoxy) is 2. The zero-order chi connectivity index (χ0) is 11.1. The monoisotopic (exact) mass is 436 g/mol. The smallest absolute Gasteiger partial charge is 0.313 e. The van der Waals surface area contributed by atoms with Gasteiger partial charge in [-0.05, 0) is 0 Å². The molecule has 1 spiro atoms. The number of alkyl halides is 2. The first-order valence-corrected chi connectivity index (χ1v) is 7.73. The molecule has 15 heavy (non-hydrogen) atoms. The molecule has 0 aromatic carbocycles. The summed E-state index contributed by atoms with van der Waals surface area (Å²) >= 11 is 4.30. The molecule has 2 atom stereocenters. The molecule has 2 unspecified atom stereocenters. The zero-order valence-corrected chi connectivity index (χ0v) is 12.2. The Morgan fingerprint density at radius 3 is 1.73 bits per heavy atom. The van der Waals surface area contributed by atoms with Crippen molar-refractivity contribution in [3.05, 3.63) is 0 Å². The highest BCUT2D eigenvalue weighted by atomic mass is 127. The van der Waals surface area contributed by atoms with Gasteiger partial charge in [0.05, 0.1) is 11.8 Å². The molecule has 0 aromatic rings. The number of hydrogen-bond acceptors (Lipinski definition) is 4. The van der Waals surface area contributed by atoms with Gasteiger partial charge in [-0.15, -0.1) is 0 Å². The Morgan fingerprint density at radius 2 is 1.47 bits per heavy atom. The van der Waals surface area contributed by atoms with Gasteiger partial charge in [-0.1, -0.05) is 45.2 Å². The van der Waals surface area contributed by atoms with E-state index in [1.807, 2.05) is 0 Å². The van der Waals surface area contributed by atoms with Crippen molar-refractivity contribution in [1.82, 2.24) is 0 Å². The molecule has 0 bridgehead atoms. The van der Waals surface area contributed by atoms with Crippen LogP contribution in [0.4, 0.5) is 0 Å². The van der Waals surface area contributed by atoms with E-state index < -0.39 is 5.79 Å². The van der Waals surface area contributed by atoms with Crippen LogP contribution in [0.3, 0.4) is 0 Å². The van der Waals surface area contributed by atoms with Gasteiger partial charge in [0.2, 0.25) is 0 Å². The Bertz CT molecular complexity index is 274. The van der Waals surface area contributed by atoms with Crippen LogP contribution in [-0.4, -0.2) is 26.6 Å². The van der Waals surface area contributed by atoms with Crippen molar-refractivity contribution in [3.8, 4) is 0 Å².